The lowest BCUT2D eigenvalue weighted by Crippen LogP contribution is -2.61. The summed E-state index contributed by atoms with van der Waals surface area (Å²) in [6.07, 6.45) is 3.27. The second-order valence-electron chi connectivity index (χ2n) is 8.05. The molecule has 1 aliphatic carbocycles. The summed E-state index contributed by atoms with van der Waals surface area (Å²) in [7, 11) is -3.56. The number of carbonyl (C=O) groups is 1. The van der Waals surface area contributed by atoms with E-state index in [9.17, 15) is 18.3 Å². The number of rotatable bonds is 3. The molecule has 0 aromatic rings. The number of piperidine rings is 1. The molecule has 23 heavy (non-hydrogen) atoms. The molecule has 0 radical (unpaired) electrons. The lowest BCUT2D eigenvalue weighted by Gasteiger charge is -2.56. The maximum atomic E-state index is 12.2. The number of likely N-dealkylation sites (tertiary alicyclic amines) is 1. The number of hydrogen-bond donors (Lipinski definition) is 1. The first-order valence-corrected chi connectivity index (χ1v) is 9.68. The van der Waals surface area contributed by atoms with Crippen LogP contribution in [0, 0.1) is 5.41 Å². The van der Waals surface area contributed by atoms with Gasteiger partial charge in [0, 0.05) is 13.1 Å². The van der Waals surface area contributed by atoms with Gasteiger partial charge < -0.3 is 14.7 Å². The lowest BCUT2D eigenvalue weighted by atomic mass is 9.56. The highest BCUT2D eigenvalue weighted by Crippen LogP contribution is 2.53. The van der Waals surface area contributed by atoms with Crippen molar-refractivity contribution < 1.29 is 27.2 Å². The smallest absolute Gasteiger partial charge is 0.410 e. The third kappa shape index (κ3) is 5.06. The van der Waals surface area contributed by atoms with Gasteiger partial charge in [-0.3, -0.25) is 4.18 Å². The van der Waals surface area contributed by atoms with E-state index in [1.807, 2.05) is 20.8 Å². The predicted octanol–water partition coefficient (Wildman–Crippen LogP) is 1.50. The van der Waals surface area contributed by atoms with Crippen LogP contribution in [0.5, 0.6) is 0 Å². The molecule has 2 aliphatic rings. The number of nitrogens with zero attached hydrogens (tertiary/aromatic N) is 1. The van der Waals surface area contributed by atoms with Crippen LogP contribution in [0.2, 0.25) is 0 Å². The van der Waals surface area contributed by atoms with Crippen molar-refractivity contribution in [3.05, 3.63) is 0 Å². The zero-order valence-corrected chi connectivity index (χ0v) is 15.1. The van der Waals surface area contributed by atoms with E-state index in [1.54, 1.807) is 4.90 Å². The fourth-order valence-electron chi connectivity index (χ4n) is 3.64. The van der Waals surface area contributed by atoms with E-state index in [0.29, 0.717) is 25.9 Å². The van der Waals surface area contributed by atoms with E-state index in [0.717, 1.165) is 19.1 Å². The monoisotopic (exact) mass is 349 g/mol. The highest BCUT2D eigenvalue weighted by molar-refractivity contribution is 7.85. The van der Waals surface area contributed by atoms with E-state index in [4.69, 9.17) is 8.92 Å². The summed E-state index contributed by atoms with van der Waals surface area (Å²) in [4.78, 5) is 13.9. The summed E-state index contributed by atoms with van der Waals surface area (Å²) in [5.74, 6) is 0. The van der Waals surface area contributed by atoms with Crippen molar-refractivity contribution in [1.29, 1.82) is 0 Å². The molecule has 2 fully saturated rings. The molecule has 1 spiro atoms. The van der Waals surface area contributed by atoms with Crippen molar-refractivity contribution in [2.45, 2.75) is 57.7 Å². The van der Waals surface area contributed by atoms with Gasteiger partial charge in [-0.2, -0.15) is 8.42 Å². The molecular formula is C15H27NO6S. The Morgan fingerprint density at radius 3 is 2.43 bits per heavy atom. The molecule has 1 amide bonds. The van der Waals surface area contributed by atoms with Crippen LogP contribution in [-0.2, 0) is 19.0 Å². The molecule has 1 N–H and O–H groups in total. The number of aliphatic hydroxyl groups is 1. The van der Waals surface area contributed by atoms with Crippen molar-refractivity contribution in [2.24, 2.45) is 5.41 Å². The van der Waals surface area contributed by atoms with Crippen LogP contribution in [-0.4, -0.2) is 61.7 Å². The van der Waals surface area contributed by atoms with Crippen LogP contribution >= 0.6 is 0 Å². The summed E-state index contributed by atoms with van der Waals surface area (Å²) in [5, 5.41) is 10.4. The minimum Gasteiger partial charge on any atom is -0.444 e. The molecule has 0 aromatic heterocycles. The number of amides is 1. The number of hydrogen-bond acceptors (Lipinski definition) is 6. The Kier molecular flexibility index (Phi) is 4.74. The summed E-state index contributed by atoms with van der Waals surface area (Å²) in [5.41, 5.74) is -1.82. The molecule has 1 saturated heterocycles. The normalized spacial score (nSPS) is 31.8. The Labute approximate surface area is 138 Å². The van der Waals surface area contributed by atoms with Gasteiger partial charge in [0.25, 0.3) is 10.1 Å². The zero-order chi connectivity index (χ0) is 17.5. The van der Waals surface area contributed by atoms with Gasteiger partial charge in [-0.05, 0) is 51.9 Å². The van der Waals surface area contributed by atoms with Gasteiger partial charge in [0.05, 0.1) is 18.5 Å². The Hall–Kier alpha value is -0.860. The quantitative estimate of drug-likeness (QED) is 0.776. The molecule has 0 unspecified atom stereocenters. The van der Waals surface area contributed by atoms with Crippen LogP contribution in [0.1, 0.15) is 46.5 Å². The topological polar surface area (TPSA) is 93.1 Å². The van der Waals surface area contributed by atoms with Gasteiger partial charge in [-0.1, -0.05) is 0 Å². The first-order chi connectivity index (χ1) is 10.3. The van der Waals surface area contributed by atoms with Gasteiger partial charge in [0.1, 0.15) is 5.60 Å². The summed E-state index contributed by atoms with van der Waals surface area (Å²) in [6, 6.07) is 0. The van der Waals surface area contributed by atoms with Gasteiger partial charge in [0.15, 0.2) is 0 Å². The van der Waals surface area contributed by atoms with Crippen LogP contribution in [0.3, 0.4) is 0 Å². The summed E-state index contributed by atoms with van der Waals surface area (Å²) >= 11 is 0. The van der Waals surface area contributed by atoms with Crippen LogP contribution in [0.25, 0.3) is 0 Å². The second-order valence-corrected chi connectivity index (χ2v) is 9.69. The average molecular weight is 349 g/mol. The second kappa shape index (κ2) is 5.89. The molecule has 2 rings (SSSR count). The van der Waals surface area contributed by atoms with Crippen molar-refractivity contribution in [3.63, 3.8) is 0 Å². The molecule has 1 saturated carbocycles. The van der Waals surface area contributed by atoms with E-state index in [2.05, 4.69) is 0 Å². The minimum absolute atomic E-state index is 0.162. The third-order valence-electron chi connectivity index (χ3n) is 4.26. The van der Waals surface area contributed by atoms with Gasteiger partial charge >= 0.3 is 6.09 Å². The maximum Gasteiger partial charge on any atom is 0.410 e. The Morgan fingerprint density at radius 1 is 1.30 bits per heavy atom. The number of ether oxygens (including phenoxy) is 1. The van der Waals surface area contributed by atoms with Crippen LogP contribution < -0.4 is 0 Å². The molecule has 134 valence electrons. The molecular weight excluding hydrogens is 322 g/mol. The summed E-state index contributed by atoms with van der Waals surface area (Å²) < 4.78 is 32.2. The Balaban J connectivity index is 1.91. The molecule has 7 nitrogen and oxygen atoms in total. The van der Waals surface area contributed by atoms with Crippen molar-refractivity contribution in [3.8, 4) is 0 Å². The third-order valence-corrected chi connectivity index (χ3v) is 4.81. The number of carbonyl (C=O) groups excluding carboxylic acids is 1. The fourth-order valence-corrected chi connectivity index (χ4v) is 4.08. The zero-order valence-electron chi connectivity index (χ0n) is 14.3. The van der Waals surface area contributed by atoms with Crippen LogP contribution in [0.4, 0.5) is 4.79 Å². The SMILES string of the molecule is CC(C)(C)OC(=O)N1CCCC2(C1)CC(O)(COS(C)(=O)=O)C2. The first kappa shape index (κ1) is 18.5. The Bertz CT molecular complexity index is 559. The predicted molar refractivity (Wildman–Crippen MR) is 84.5 cm³/mol. The largest absolute Gasteiger partial charge is 0.444 e. The first-order valence-electron chi connectivity index (χ1n) is 7.86. The standard InChI is InChI=1S/C15H27NO6S/c1-13(2,3)22-12(17)16-7-5-6-14(10-16)8-15(18,9-14)11-21-23(4,19)20/h18H,5-11H2,1-4H3. The molecule has 0 atom stereocenters. The van der Waals surface area contributed by atoms with E-state index in [-0.39, 0.29) is 18.1 Å². The van der Waals surface area contributed by atoms with E-state index in [1.165, 1.54) is 0 Å². The molecule has 1 aliphatic heterocycles. The van der Waals surface area contributed by atoms with Crippen LogP contribution in [0.15, 0.2) is 0 Å². The molecule has 8 heteroatoms. The molecule has 1 heterocycles. The molecule has 0 bridgehead atoms. The van der Waals surface area contributed by atoms with E-state index >= 15 is 0 Å². The van der Waals surface area contributed by atoms with Gasteiger partial charge in [-0.25, -0.2) is 4.79 Å². The van der Waals surface area contributed by atoms with Crippen molar-refractivity contribution >= 4 is 16.2 Å². The average Bonchev–Trinajstić information content (AvgIpc) is 2.32. The highest BCUT2D eigenvalue weighted by Gasteiger charge is 2.56. The molecule has 0 aromatic carbocycles. The minimum atomic E-state index is -3.56. The highest BCUT2D eigenvalue weighted by atomic mass is 32.2. The lowest BCUT2D eigenvalue weighted by molar-refractivity contribution is -0.165. The Morgan fingerprint density at radius 2 is 1.91 bits per heavy atom. The fraction of sp³-hybridized carbons (Fsp3) is 0.933. The van der Waals surface area contributed by atoms with Crippen molar-refractivity contribution in [2.75, 3.05) is 26.0 Å². The maximum absolute atomic E-state index is 12.2. The van der Waals surface area contributed by atoms with Gasteiger partial charge in [0.2, 0.25) is 0 Å². The van der Waals surface area contributed by atoms with Gasteiger partial charge in [-0.15, -0.1) is 0 Å². The summed E-state index contributed by atoms with van der Waals surface area (Å²) in [6.45, 7) is 6.44. The van der Waals surface area contributed by atoms with Crippen molar-refractivity contribution in [1.82, 2.24) is 4.90 Å². The van der Waals surface area contributed by atoms with E-state index < -0.39 is 21.3 Å².